The molecule has 2 aromatic carbocycles. The van der Waals surface area contributed by atoms with Gasteiger partial charge in [0.15, 0.2) is 0 Å². The van der Waals surface area contributed by atoms with E-state index in [1.807, 2.05) is 36.4 Å². The number of benzene rings is 2. The second-order valence-corrected chi connectivity index (χ2v) is 30.6. The van der Waals surface area contributed by atoms with Crippen molar-refractivity contribution in [2.24, 2.45) is 0 Å². The number of halogens is 4. The van der Waals surface area contributed by atoms with Crippen LogP contribution in [-0.2, 0) is 0 Å². The molecule has 0 amide bonds. The number of hydrogen-bond donors (Lipinski definition) is 0. The summed E-state index contributed by atoms with van der Waals surface area (Å²) < 4.78 is 6.70. The van der Waals surface area contributed by atoms with Gasteiger partial charge in [-0.3, -0.25) is 0 Å². The second-order valence-electron chi connectivity index (χ2n) is 4.21. The molecule has 0 atom stereocenters. The summed E-state index contributed by atoms with van der Waals surface area (Å²) in [5.41, 5.74) is 2.35. The standard InChI is InChI=1S/C16H12Br4Te/c17-15(13-7-3-1-4-8-13)11-21(19,20)12-16(18)14-9-5-2-6-10-14/h1-12H/b15-11-,16-12-. The van der Waals surface area contributed by atoms with Gasteiger partial charge in [0.05, 0.1) is 0 Å². The van der Waals surface area contributed by atoms with Gasteiger partial charge in [0.25, 0.3) is 0 Å². The third-order valence-electron chi connectivity index (χ3n) is 2.62. The summed E-state index contributed by atoms with van der Waals surface area (Å²) in [5, 5.41) is 0. The fourth-order valence-corrected chi connectivity index (χ4v) is 20.4. The van der Waals surface area contributed by atoms with Crippen molar-refractivity contribution in [1.29, 1.82) is 0 Å². The summed E-state index contributed by atoms with van der Waals surface area (Å²) in [6.45, 7) is 0. The van der Waals surface area contributed by atoms with Crippen LogP contribution in [0.25, 0.3) is 8.96 Å². The van der Waals surface area contributed by atoms with Crippen LogP contribution < -0.4 is 0 Å². The minimum atomic E-state index is -2.56. The van der Waals surface area contributed by atoms with E-state index in [1.165, 1.54) is 11.1 Å². The Kier molecular flexibility index (Phi) is 7.25. The van der Waals surface area contributed by atoms with Crippen molar-refractivity contribution in [3.63, 3.8) is 0 Å². The fraction of sp³-hybridized carbons (Fsp3) is 0. The number of hydrogen-bond acceptors (Lipinski definition) is 0. The van der Waals surface area contributed by atoms with E-state index in [1.54, 1.807) is 0 Å². The Morgan fingerprint density at radius 1 is 0.667 bits per heavy atom. The molecule has 0 unspecified atom stereocenters. The summed E-state index contributed by atoms with van der Waals surface area (Å²) in [7, 11) is 0. The zero-order chi connectivity index (χ0) is 15.3. The molecule has 0 aliphatic carbocycles. The Morgan fingerprint density at radius 2 is 1.00 bits per heavy atom. The Balaban J connectivity index is 2.26. The Hall–Kier alpha value is 0.630. The molecule has 0 N–H and O–H groups in total. The second kappa shape index (κ2) is 8.47. The van der Waals surface area contributed by atoms with E-state index in [4.69, 9.17) is 0 Å². The molecular weight excluding hydrogens is 639 g/mol. The predicted molar refractivity (Wildman–Crippen MR) is 110 cm³/mol. The molecule has 0 radical (unpaired) electrons. The first kappa shape index (κ1) is 18.0. The van der Waals surface area contributed by atoms with Crippen LogP contribution >= 0.6 is 57.4 Å². The molecule has 110 valence electrons. The van der Waals surface area contributed by atoms with Crippen LogP contribution in [0.4, 0.5) is 0 Å². The molecule has 2 aromatic rings. The third-order valence-corrected chi connectivity index (χ3v) is 14.0. The van der Waals surface area contributed by atoms with E-state index in [9.17, 15) is 0 Å². The number of rotatable bonds is 4. The van der Waals surface area contributed by atoms with Gasteiger partial charge in [-0.25, -0.2) is 0 Å². The van der Waals surface area contributed by atoms with Crippen LogP contribution in [0.1, 0.15) is 11.1 Å². The molecule has 0 aliphatic heterocycles. The van der Waals surface area contributed by atoms with Crippen molar-refractivity contribution < 1.29 is 0 Å². The van der Waals surface area contributed by atoms with Gasteiger partial charge in [-0.2, -0.15) is 0 Å². The first-order valence-electron chi connectivity index (χ1n) is 6.06. The maximum absolute atomic E-state index is 3.87. The zero-order valence-corrected chi connectivity index (χ0v) is 19.5. The van der Waals surface area contributed by atoms with Gasteiger partial charge in [-0.1, -0.05) is 0 Å². The van der Waals surface area contributed by atoms with E-state index >= 15 is 0 Å². The van der Waals surface area contributed by atoms with Crippen molar-refractivity contribution in [3.05, 3.63) is 80.0 Å². The van der Waals surface area contributed by atoms with E-state index in [0.717, 1.165) is 8.96 Å². The monoisotopic (exact) mass is 650 g/mol. The molecule has 0 aromatic heterocycles. The molecule has 0 spiro atoms. The molecule has 0 fully saturated rings. The van der Waals surface area contributed by atoms with E-state index in [-0.39, 0.29) is 0 Å². The van der Waals surface area contributed by atoms with Crippen LogP contribution in [0.2, 0.25) is 0 Å². The van der Waals surface area contributed by atoms with Crippen molar-refractivity contribution in [3.8, 4) is 0 Å². The van der Waals surface area contributed by atoms with E-state index < -0.39 is 13.8 Å². The summed E-state index contributed by atoms with van der Waals surface area (Å²) in [6.07, 6.45) is 0. The molecule has 0 saturated carbocycles. The van der Waals surface area contributed by atoms with E-state index in [0.29, 0.717) is 0 Å². The quantitative estimate of drug-likeness (QED) is 0.308. The Morgan fingerprint density at radius 3 is 1.33 bits per heavy atom. The molecule has 0 heterocycles. The summed E-state index contributed by atoms with van der Waals surface area (Å²) in [5.74, 6) is 0. The fourth-order valence-electron chi connectivity index (χ4n) is 1.64. The van der Waals surface area contributed by atoms with Gasteiger partial charge >= 0.3 is 160 Å². The third kappa shape index (κ3) is 5.97. The summed E-state index contributed by atoms with van der Waals surface area (Å²) >= 11 is 12.5. The van der Waals surface area contributed by atoms with Gasteiger partial charge < -0.3 is 0 Å². The Labute approximate surface area is 158 Å². The molecular formula is C16H12Br4Te. The molecule has 0 saturated heterocycles. The van der Waals surface area contributed by atoms with Gasteiger partial charge in [0.2, 0.25) is 0 Å². The molecule has 5 heteroatoms. The molecule has 0 nitrogen and oxygen atoms in total. The van der Waals surface area contributed by atoms with Crippen molar-refractivity contribution in [2.75, 3.05) is 0 Å². The van der Waals surface area contributed by atoms with Crippen molar-refractivity contribution in [1.82, 2.24) is 0 Å². The average Bonchev–Trinajstić information content (AvgIpc) is 2.48. The molecule has 2 rings (SSSR count). The van der Waals surface area contributed by atoms with Crippen LogP contribution in [0.3, 0.4) is 0 Å². The first-order chi connectivity index (χ1) is 9.98. The van der Waals surface area contributed by atoms with Gasteiger partial charge in [0.1, 0.15) is 0 Å². The Bertz CT molecular complexity index is 591. The van der Waals surface area contributed by atoms with Gasteiger partial charge in [-0.15, -0.1) is 0 Å². The van der Waals surface area contributed by atoms with Crippen LogP contribution in [0.15, 0.2) is 68.9 Å². The summed E-state index contributed by atoms with van der Waals surface area (Å²) in [6, 6.07) is 20.6. The van der Waals surface area contributed by atoms with Crippen molar-refractivity contribution >= 4 is 80.1 Å². The predicted octanol–water partition coefficient (Wildman–Crippen LogP) is 7.17. The minimum absolute atomic E-state index is 1.10. The zero-order valence-electron chi connectivity index (χ0n) is 10.8. The van der Waals surface area contributed by atoms with E-state index in [2.05, 4.69) is 89.9 Å². The van der Waals surface area contributed by atoms with Crippen LogP contribution in [0, 0.1) is 0 Å². The average molecular weight is 651 g/mol. The van der Waals surface area contributed by atoms with Crippen LogP contribution in [-0.4, -0.2) is 13.8 Å². The topological polar surface area (TPSA) is 0 Å². The van der Waals surface area contributed by atoms with Gasteiger partial charge in [0, 0.05) is 0 Å². The maximum atomic E-state index is 3.87. The molecule has 0 bridgehead atoms. The first-order valence-corrected chi connectivity index (χ1v) is 20.8. The van der Waals surface area contributed by atoms with Crippen LogP contribution in [0.5, 0.6) is 0 Å². The van der Waals surface area contributed by atoms with Crippen molar-refractivity contribution in [2.45, 2.75) is 0 Å². The SMILES string of the molecule is Br/C(=C\[Te](Br)(Br)/C=C(\Br)c1ccccc1)c1ccccc1. The normalized spacial score (nSPS) is 14.1. The molecule has 0 aliphatic rings. The summed E-state index contributed by atoms with van der Waals surface area (Å²) in [4.78, 5) is 0. The molecule has 21 heavy (non-hydrogen) atoms. The van der Waals surface area contributed by atoms with Gasteiger partial charge in [-0.05, 0) is 0 Å².